The molecule has 8 heteroatoms. The van der Waals surface area contributed by atoms with E-state index in [0.29, 0.717) is 28.3 Å². The molecule has 0 bridgehead atoms. The molecule has 1 atom stereocenters. The highest BCUT2D eigenvalue weighted by Gasteiger charge is 2.31. The smallest absolute Gasteiger partial charge is 0.245 e. The van der Waals surface area contributed by atoms with Gasteiger partial charge in [0.25, 0.3) is 0 Å². The molecular weight excluding hydrogens is 313 g/mol. The Morgan fingerprint density at radius 2 is 2.14 bits per heavy atom. The highest BCUT2D eigenvalue weighted by Crippen LogP contribution is 2.30. The van der Waals surface area contributed by atoms with Crippen LogP contribution in [0.3, 0.4) is 0 Å². The minimum atomic E-state index is 0.0218. The Balaban J connectivity index is 1.85. The molecule has 1 aliphatic heterocycles. The number of halogens is 2. The van der Waals surface area contributed by atoms with Gasteiger partial charge in [-0.15, -0.1) is 0 Å². The second-order valence-electron chi connectivity index (χ2n) is 5.08. The van der Waals surface area contributed by atoms with Crippen LogP contribution in [0.1, 0.15) is 17.8 Å². The standard InChI is InChI=1S/C13H15Cl2N5O/c1-8-17-13(21-18-8)11-7-20(4-3-19(11)2)12-10(15)5-9(14)6-16-12/h5-6,11H,3-4,7H2,1-2H3/t11-/m1/s1. The van der Waals surface area contributed by atoms with Gasteiger partial charge >= 0.3 is 0 Å². The second kappa shape index (κ2) is 5.79. The summed E-state index contributed by atoms with van der Waals surface area (Å²) in [6, 6.07) is 1.73. The van der Waals surface area contributed by atoms with Gasteiger partial charge in [-0.3, -0.25) is 4.90 Å². The Hall–Kier alpha value is -1.37. The number of anilines is 1. The summed E-state index contributed by atoms with van der Waals surface area (Å²) in [6.07, 6.45) is 1.60. The van der Waals surface area contributed by atoms with Crippen LogP contribution in [0, 0.1) is 6.92 Å². The molecule has 0 spiro atoms. The molecule has 0 N–H and O–H groups in total. The van der Waals surface area contributed by atoms with Crippen molar-refractivity contribution in [3.05, 3.63) is 34.0 Å². The lowest BCUT2D eigenvalue weighted by Crippen LogP contribution is -2.47. The van der Waals surface area contributed by atoms with Gasteiger partial charge in [-0.25, -0.2) is 4.98 Å². The largest absolute Gasteiger partial charge is 0.352 e. The summed E-state index contributed by atoms with van der Waals surface area (Å²) < 4.78 is 5.30. The molecule has 0 amide bonds. The molecule has 1 fully saturated rings. The molecule has 21 heavy (non-hydrogen) atoms. The molecule has 2 aromatic heterocycles. The van der Waals surface area contributed by atoms with Gasteiger partial charge < -0.3 is 9.42 Å². The van der Waals surface area contributed by atoms with Crippen molar-refractivity contribution in [2.24, 2.45) is 0 Å². The van der Waals surface area contributed by atoms with Crippen molar-refractivity contribution in [2.45, 2.75) is 13.0 Å². The van der Waals surface area contributed by atoms with E-state index in [1.807, 2.05) is 14.0 Å². The number of pyridine rings is 1. The van der Waals surface area contributed by atoms with E-state index in [2.05, 4.69) is 24.9 Å². The molecule has 2 aromatic rings. The molecule has 0 unspecified atom stereocenters. The number of rotatable bonds is 2. The lowest BCUT2D eigenvalue weighted by molar-refractivity contribution is 0.177. The van der Waals surface area contributed by atoms with Crippen LogP contribution in [0.25, 0.3) is 0 Å². The number of aromatic nitrogens is 3. The summed E-state index contributed by atoms with van der Waals surface area (Å²) in [7, 11) is 2.04. The van der Waals surface area contributed by atoms with Crippen molar-refractivity contribution >= 4 is 29.0 Å². The van der Waals surface area contributed by atoms with E-state index >= 15 is 0 Å². The van der Waals surface area contributed by atoms with Crippen molar-refractivity contribution in [1.29, 1.82) is 0 Å². The molecular formula is C13H15Cl2N5O. The van der Waals surface area contributed by atoms with Gasteiger partial charge in [-0.2, -0.15) is 4.98 Å². The third-order valence-electron chi connectivity index (χ3n) is 3.56. The van der Waals surface area contributed by atoms with Crippen molar-refractivity contribution in [3.63, 3.8) is 0 Å². The van der Waals surface area contributed by atoms with Crippen molar-refractivity contribution in [2.75, 3.05) is 31.6 Å². The van der Waals surface area contributed by atoms with Gasteiger partial charge in [0.2, 0.25) is 5.89 Å². The number of piperazine rings is 1. The highest BCUT2D eigenvalue weighted by molar-refractivity contribution is 6.36. The molecule has 6 nitrogen and oxygen atoms in total. The fourth-order valence-electron chi connectivity index (χ4n) is 2.42. The van der Waals surface area contributed by atoms with Crippen molar-refractivity contribution < 1.29 is 4.52 Å². The van der Waals surface area contributed by atoms with E-state index in [0.717, 1.165) is 18.9 Å². The van der Waals surface area contributed by atoms with Gasteiger partial charge in [0.1, 0.15) is 11.9 Å². The Labute approximate surface area is 132 Å². The van der Waals surface area contributed by atoms with Gasteiger partial charge in [0.15, 0.2) is 5.82 Å². The van der Waals surface area contributed by atoms with Crippen molar-refractivity contribution in [3.8, 4) is 0 Å². The van der Waals surface area contributed by atoms with Gasteiger partial charge in [-0.1, -0.05) is 28.4 Å². The quantitative estimate of drug-likeness (QED) is 0.844. The molecule has 3 rings (SSSR count). The van der Waals surface area contributed by atoms with Crippen LogP contribution >= 0.6 is 23.2 Å². The molecule has 112 valence electrons. The molecule has 0 saturated carbocycles. The zero-order valence-electron chi connectivity index (χ0n) is 11.8. The minimum absolute atomic E-state index is 0.0218. The third-order valence-corrected chi connectivity index (χ3v) is 4.05. The second-order valence-corrected chi connectivity index (χ2v) is 5.92. The topological polar surface area (TPSA) is 58.3 Å². The Bertz CT molecular complexity index is 647. The molecule has 3 heterocycles. The lowest BCUT2D eigenvalue weighted by Gasteiger charge is -2.38. The zero-order chi connectivity index (χ0) is 15.0. The number of likely N-dealkylation sites (N-methyl/N-ethyl adjacent to an activating group) is 1. The van der Waals surface area contributed by atoms with Crippen LogP contribution in [-0.4, -0.2) is 46.7 Å². The summed E-state index contributed by atoms with van der Waals surface area (Å²) in [6.45, 7) is 4.18. The third kappa shape index (κ3) is 2.97. The fraction of sp³-hybridized carbons (Fsp3) is 0.462. The van der Waals surface area contributed by atoms with Gasteiger partial charge in [0, 0.05) is 25.8 Å². The first-order valence-corrected chi connectivity index (χ1v) is 7.36. The van der Waals surface area contributed by atoms with Crippen LogP contribution in [0.2, 0.25) is 10.0 Å². The summed E-state index contributed by atoms with van der Waals surface area (Å²) in [4.78, 5) is 13.0. The van der Waals surface area contributed by atoms with E-state index in [4.69, 9.17) is 27.7 Å². The maximum atomic E-state index is 6.24. The SMILES string of the molecule is Cc1noc([C@H]2CN(c3ncc(Cl)cc3Cl)CCN2C)n1. The maximum Gasteiger partial charge on any atom is 0.245 e. The first kappa shape index (κ1) is 14.6. The minimum Gasteiger partial charge on any atom is -0.352 e. The van der Waals surface area contributed by atoms with Gasteiger partial charge in [0.05, 0.1) is 10.0 Å². The Kier molecular flexibility index (Phi) is 4.01. The number of aryl methyl sites for hydroxylation is 1. The maximum absolute atomic E-state index is 6.24. The zero-order valence-corrected chi connectivity index (χ0v) is 13.3. The van der Waals surface area contributed by atoms with E-state index in [9.17, 15) is 0 Å². The van der Waals surface area contributed by atoms with Crippen LogP contribution in [0.15, 0.2) is 16.8 Å². The summed E-state index contributed by atoms with van der Waals surface area (Å²) in [5.41, 5.74) is 0. The van der Waals surface area contributed by atoms with E-state index < -0.39 is 0 Å². The monoisotopic (exact) mass is 327 g/mol. The first-order valence-electron chi connectivity index (χ1n) is 6.61. The molecule has 0 aromatic carbocycles. The predicted molar refractivity (Wildman–Crippen MR) is 80.9 cm³/mol. The molecule has 0 radical (unpaired) electrons. The number of hydrogen-bond donors (Lipinski definition) is 0. The number of nitrogens with zero attached hydrogens (tertiary/aromatic N) is 5. The molecule has 0 aliphatic carbocycles. The summed E-state index contributed by atoms with van der Waals surface area (Å²) >= 11 is 12.1. The molecule has 1 saturated heterocycles. The average Bonchev–Trinajstić information content (AvgIpc) is 2.86. The van der Waals surface area contributed by atoms with Crippen LogP contribution in [-0.2, 0) is 0 Å². The van der Waals surface area contributed by atoms with E-state index in [1.54, 1.807) is 12.3 Å². The van der Waals surface area contributed by atoms with E-state index in [-0.39, 0.29) is 6.04 Å². The highest BCUT2D eigenvalue weighted by atomic mass is 35.5. The average molecular weight is 328 g/mol. The lowest BCUT2D eigenvalue weighted by atomic mass is 10.1. The van der Waals surface area contributed by atoms with Crippen LogP contribution in [0.4, 0.5) is 5.82 Å². The van der Waals surface area contributed by atoms with E-state index in [1.165, 1.54) is 0 Å². The summed E-state index contributed by atoms with van der Waals surface area (Å²) in [5, 5.41) is 4.94. The normalized spacial score (nSPS) is 20.0. The predicted octanol–water partition coefficient (Wildman–Crippen LogP) is 2.57. The van der Waals surface area contributed by atoms with Crippen molar-refractivity contribution in [1.82, 2.24) is 20.0 Å². The summed E-state index contributed by atoms with van der Waals surface area (Å²) in [5.74, 6) is 1.98. The fourth-order valence-corrected chi connectivity index (χ4v) is 2.92. The molecule has 1 aliphatic rings. The van der Waals surface area contributed by atoms with Crippen LogP contribution < -0.4 is 4.90 Å². The first-order chi connectivity index (χ1) is 10.0. The van der Waals surface area contributed by atoms with Crippen LogP contribution in [0.5, 0.6) is 0 Å². The Morgan fingerprint density at radius 1 is 1.33 bits per heavy atom. The van der Waals surface area contributed by atoms with Gasteiger partial charge in [-0.05, 0) is 20.0 Å². The number of hydrogen-bond acceptors (Lipinski definition) is 6. The Morgan fingerprint density at radius 3 is 2.81 bits per heavy atom.